The van der Waals surface area contributed by atoms with Gasteiger partial charge < -0.3 is 4.98 Å². The van der Waals surface area contributed by atoms with E-state index in [1.54, 1.807) is 17.0 Å². The van der Waals surface area contributed by atoms with Gasteiger partial charge in [-0.05, 0) is 37.0 Å². The van der Waals surface area contributed by atoms with Gasteiger partial charge in [0.25, 0.3) is 0 Å². The van der Waals surface area contributed by atoms with Gasteiger partial charge in [0, 0.05) is 41.6 Å². The Bertz CT molecular complexity index is 1330. The molecule has 0 saturated carbocycles. The van der Waals surface area contributed by atoms with Crippen LogP contribution < -0.4 is 5.69 Å². The zero-order valence-corrected chi connectivity index (χ0v) is 15.9. The van der Waals surface area contributed by atoms with Crippen LogP contribution in [0.1, 0.15) is 12.8 Å². The number of hydrogen-bond donors (Lipinski definition) is 2. The normalized spacial score (nSPS) is 17.4. The molecule has 0 atom stereocenters. The minimum Gasteiger partial charge on any atom is -0.346 e. The van der Waals surface area contributed by atoms with E-state index in [1.807, 2.05) is 24.4 Å². The summed E-state index contributed by atoms with van der Waals surface area (Å²) in [6, 6.07) is 5.93. The highest BCUT2D eigenvalue weighted by atomic mass is 32.2. The minimum atomic E-state index is -2.92. The van der Waals surface area contributed by atoms with Gasteiger partial charge in [0.1, 0.15) is 15.5 Å². The van der Waals surface area contributed by atoms with Crippen molar-refractivity contribution < 1.29 is 8.42 Å². The second-order valence-electron chi connectivity index (χ2n) is 7.37. The molecule has 0 unspecified atom stereocenters. The van der Waals surface area contributed by atoms with E-state index in [-0.39, 0.29) is 23.1 Å². The van der Waals surface area contributed by atoms with Crippen molar-refractivity contribution in [2.24, 2.45) is 5.92 Å². The lowest BCUT2D eigenvalue weighted by Gasteiger charge is -2.22. The monoisotopic (exact) mass is 397 g/mol. The number of rotatable bonds is 3. The molecule has 8 nitrogen and oxygen atoms in total. The van der Waals surface area contributed by atoms with Crippen molar-refractivity contribution in [1.82, 2.24) is 24.5 Å². The molecule has 5 heterocycles. The molecule has 4 aromatic heterocycles. The van der Waals surface area contributed by atoms with Crippen LogP contribution in [0.3, 0.4) is 0 Å². The maximum atomic E-state index is 12.5. The summed E-state index contributed by atoms with van der Waals surface area (Å²) < 4.78 is 25.0. The third-order valence-corrected chi connectivity index (χ3v) is 7.19. The zero-order chi connectivity index (χ0) is 19.3. The Hall–Kier alpha value is -2.94. The van der Waals surface area contributed by atoms with Crippen molar-refractivity contribution >= 4 is 32.0 Å². The molecule has 28 heavy (non-hydrogen) atoms. The molecule has 4 aromatic rings. The molecule has 0 amide bonds. The van der Waals surface area contributed by atoms with E-state index in [1.165, 1.54) is 0 Å². The molecule has 0 spiro atoms. The summed E-state index contributed by atoms with van der Waals surface area (Å²) in [5.41, 5.74) is 3.67. The number of H-pyrrole nitrogens is 2. The second-order valence-corrected chi connectivity index (χ2v) is 9.67. The van der Waals surface area contributed by atoms with E-state index in [2.05, 4.69) is 19.9 Å². The topological polar surface area (TPSA) is 114 Å². The average Bonchev–Trinajstić information content (AvgIpc) is 3.26. The number of imidazole rings is 1. The average molecular weight is 397 g/mol. The van der Waals surface area contributed by atoms with Crippen LogP contribution in [0.15, 0.2) is 41.6 Å². The van der Waals surface area contributed by atoms with Gasteiger partial charge in [-0.15, -0.1) is 0 Å². The fourth-order valence-electron chi connectivity index (χ4n) is 3.85. The third-order valence-electron chi connectivity index (χ3n) is 5.48. The molecule has 0 bridgehead atoms. The van der Waals surface area contributed by atoms with Crippen LogP contribution in [-0.2, 0) is 16.4 Å². The van der Waals surface area contributed by atoms with Crippen molar-refractivity contribution in [3.8, 4) is 11.1 Å². The minimum absolute atomic E-state index is 0.168. The first-order valence-electron chi connectivity index (χ1n) is 9.21. The highest BCUT2D eigenvalue weighted by Gasteiger charge is 2.25. The number of nitrogens with one attached hydrogen (secondary N) is 2. The van der Waals surface area contributed by atoms with Gasteiger partial charge in [0.15, 0.2) is 5.65 Å². The first-order chi connectivity index (χ1) is 13.5. The van der Waals surface area contributed by atoms with Crippen LogP contribution in [0.5, 0.6) is 0 Å². The van der Waals surface area contributed by atoms with Gasteiger partial charge >= 0.3 is 5.69 Å². The summed E-state index contributed by atoms with van der Waals surface area (Å²) >= 11 is 0. The number of aromatic amines is 2. The quantitative estimate of drug-likeness (QED) is 0.549. The Morgan fingerprint density at radius 2 is 1.79 bits per heavy atom. The first-order valence-corrected chi connectivity index (χ1v) is 11.0. The van der Waals surface area contributed by atoms with E-state index in [0.717, 1.165) is 27.7 Å². The lowest BCUT2D eigenvalue weighted by molar-refractivity contribution is 0.404. The predicted octanol–water partition coefficient (Wildman–Crippen LogP) is 2.09. The lowest BCUT2D eigenvalue weighted by atomic mass is 10.0. The molecule has 1 saturated heterocycles. The van der Waals surface area contributed by atoms with Crippen LogP contribution in [0, 0.1) is 5.92 Å². The van der Waals surface area contributed by atoms with Crippen LogP contribution in [0.25, 0.3) is 33.3 Å². The Kier molecular flexibility index (Phi) is 3.87. The van der Waals surface area contributed by atoms with Crippen molar-refractivity contribution in [1.29, 1.82) is 0 Å². The van der Waals surface area contributed by atoms with Gasteiger partial charge in [0.05, 0.1) is 17.0 Å². The van der Waals surface area contributed by atoms with E-state index in [9.17, 15) is 13.2 Å². The molecular weight excluding hydrogens is 378 g/mol. The molecular formula is C19H19N5O3S. The maximum Gasteiger partial charge on any atom is 0.327 e. The largest absolute Gasteiger partial charge is 0.346 e. The van der Waals surface area contributed by atoms with Crippen LogP contribution in [0.2, 0.25) is 0 Å². The van der Waals surface area contributed by atoms with E-state index >= 15 is 0 Å². The first kappa shape index (κ1) is 17.2. The fraction of sp³-hybridized carbons (Fsp3) is 0.316. The summed E-state index contributed by atoms with van der Waals surface area (Å²) in [7, 11) is -2.92. The number of aromatic nitrogens is 5. The molecule has 0 radical (unpaired) electrons. The summed E-state index contributed by atoms with van der Waals surface area (Å²) in [5.74, 6) is 0.558. The van der Waals surface area contributed by atoms with Crippen molar-refractivity contribution in [2.45, 2.75) is 19.4 Å². The molecule has 144 valence electrons. The standard InChI is InChI=1S/C19H19N5O3S/c25-19-23-18-16(24(19)11-12-2-5-28(26,27)6-3-12)8-15(10-22-18)14-7-13-1-4-20-17(13)21-9-14/h1,4,7-10,12H,2-3,5-6,11H2,(H,20,21)(H,22,23,25). The van der Waals surface area contributed by atoms with Crippen molar-refractivity contribution in [2.75, 3.05) is 11.5 Å². The number of fused-ring (bicyclic) bond motifs is 2. The predicted molar refractivity (Wildman–Crippen MR) is 107 cm³/mol. The van der Waals surface area contributed by atoms with Crippen LogP contribution in [-0.4, -0.2) is 44.4 Å². The van der Waals surface area contributed by atoms with Gasteiger partial charge in [-0.25, -0.2) is 23.2 Å². The van der Waals surface area contributed by atoms with Crippen molar-refractivity contribution in [3.63, 3.8) is 0 Å². The SMILES string of the molecule is O=c1[nH]c2ncc(-c3cnc4[nH]ccc4c3)cc2n1CC1CCS(=O)(=O)CC1. The van der Waals surface area contributed by atoms with Gasteiger partial charge in [-0.1, -0.05) is 0 Å². The third kappa shape index (κ3) is 3.01. The van der Waals surface area contributed by atoms with E-state index in [0.29, 0.717) is 25.0 Å². The molecule has 1 aliphatic heterocycles. The van der Waals surface area contributed by atoms with E-state index in [4.69, 9.17) is 0 Å². The Balaban J connectivity index is 1.52. The molecule has 5 rings (SSSR count). The highest BCUT2D eigenvalue weighted by Crippen LogP contribution is 2.26. The maximum absolute atomic E-state index is 12.5. The zero-order valence-electron chi connectivity index (χ0n) is 15.1. The smallest absolute Gasteiger partial charge is 0.327 e. The molecule has 0 aliphatic carbocycles. The van der Waals surface area contributed by atoms with Crippen LogP contribution >= 0.6 is 0 Å². The number of pyridine rings is 2. The lowest BCUT2D eigenvalue weighted by Crippen LogP contribution is -2.29. The summed E-state index contributed by atoms with van der Waals surface area (Å²) in [4.78, 5) is 27.2. The van der Waals surface area contributed by atoms with Crippen molar-refractivity contribution in [3.05, 3.63) is 47.3 Å². The highest BCUT2D eigenvalue weighted by molar-refractivity contribution is 7.91. The fourth-order valence-corrected chi connectivity index (χ4v) is 5.44. The Morgan fingerprint density at radius 1 is 1.07 bits per heavy atom. The Labute approximate surface area is 160 Å². The molecule has 1 aliphatic rings. The summed E-state index contributed by atoms with van der Waals surface area (Å²) in [6.45, 7) is 0.495. The van der Waals surface area contributed by atoms with Crippen LogP contribution in [0.4, 0.5) is 0 Å². The number of hydrogen-bond acceptors (Lipinski definition) is 5. The van der Waals surface area contributed by atoms with Gasteiger partial charge in [-0.2, -0.15) is 0 Å². The summed E-state index contributed by atoms with van der Waals surface area (Å²) in [5, 5.41) is 1.01. The number of sulfone groups is 1. The van der Waals surface area contributed by atoms with Gasteiger partial charge in [0.2, 0.25) is 0 Å². The molecule has 9 heteroatoms. The van der Waals surface area contributed by atoms with E-state index < -0.39 is 9.84 Å². The number of nitrogens with zero attached hydrogens (tertiary/aromatic N) is 3. The summed E-state index contributed by atoms with van der Waals surface area (Å²) in [6.07, 6.45) is 6.52. The molecule has 2 N–H and O–H groups in total. The Morgan fingerprint density at radius 3 is 2.57 bits per heavy atom. The molecule has 0 aromatic carbocycles. The molecule has 1 fully saturated rings. The van der Waals surface area contributed by atoms with Gasteiger partial charge in [-0.3, -0.25) is 9.55 Å². The second kappa shape index (κ2) is 6.30.